The van der Waals surface area contributed by atoms with Crippen molar-refractivity contribution in [3.05, 3.63) is 98.0 Å². The highest BCUT2D eigenvalue weighted by Gasteiger charge is 2.21. The second-order valence-electron chi connectivity index (χ2n) is 7.88. The Kier molecular flexibility index (Phi) is 5.34. The molecule has 0 aliphatic heterocycles. The summed E-state index contributed by atoms with van der Waals surface area (Å²) in [7, 11) is 3.32. The van der Waals surface area contributed by atoms with E-state index >= 15 is 0 Å². The summed E-state index contributed by atoms with van der Waals surface area (Å²) >= 11 is 6.36. The molecular formula is C26H19ClN2O5. The third-order valence-corrected chi connectivity index (χ3v) is 6.15. The zero-order chi connectivity index (χ0) is 24.0. The summed E-state index contributed by atoms with van der Waals surface area (Å²) in [4.78, 5) is 38.4. The number of hydrogen-bond donors (Lipinski definition) is 0. The van der Waals surface area contributed by atoms with Gasteiger partial charge in [0.15, 0.2) is 18.2 Å². The van der Waals surface area contributed by atoms with Crippen LogP contribution in [0.15, 0.2) is 80.7 Å². The van der Waals surface area contributed by atoms with Crippen LogP contribution >= 0.6 is 11.6 Å². The number of carbonyl (C=O) groups excluding carboxylic acids is 1. The zero-order valence-corrected chi connectivity index (χ0v) is 19.1. The smallest absolute Gasteiger partial charge is 0.328 e. The number of aromatic nitrogens is 2. The van der Waals surface area contributed by atoms with E-state index in [9.17, 15) is 14.4 Å². The van der Waals surface area contributed by atoms with Gasteiger partial charge in [0, 0.05) is 25.2 Å². The molecule has 5 rings (SSSR count). The fourth-order valence-corrected chi connectivity index (χ4v) is 4.20. The Morgan fingerprint density at radius 1 is 0.941 bits per heavy atom. The molecule has 0 aliphatic carbocycles. The van der Waals surface area contributed by atoms with Crippen LogP contribution in [0.5, 0.6) is 5.75 Å². The third-order valence-electron chi connectivity index (χ3n) is 5.82. The van der Waals surface area contributed by atoms with Crippen molar-refractivity contribution in [1.82, 2.24) is 9.13 Å². The van der Waals surface area contributed by atoms with E-state index in [1.165, 1.54) is 9.13 Å². The summed E-state index contributed by atoms with van der Waals surface area (Å²) in [5.74, 6) is -0.285. The molecule has 0 saturated carbocycles. The number of para-hydroxylation sites is 1. The molecule has 8 heteroatoms. The van der Waals surface area contributed by atoms with E-state index < -0.39 is 12.0 Å². The third kappa shape index (κ3) is 3.50. The second-order valence-corrected chi connectivity index (χ2v) is 8.29. The average molecular weight is 475 g/mol. The fraction of sp³-hybridized carbons (Fsp3) is 0.115. The number of carbonyl (C=O) groups is 1. The van der Waals surface area contributed by atoms with Crippen molar-refractivity contribution in [3.8, 4) is 17.1 Å². The predicted molar refractivity (Wildman–Crippen MR) is 131 cm³/mol. The Morgan fingerprint density at radius 3 is 2.44 bits per heavy atom. The van der Waals surface area contributed by atoms with Crippen molar-refractivity contribution in [1.29, 1.82) is 0 Å². The van der Waals surface area contributed by atoms with Gasteiger partial charge >= 0.3 is 5.69 Å². The summed E-state index contributed by atoms with van der Waals surface area (Å²) in [6.07, 6.45) is 0. The first-order chi connectivity index (χ1) is 16.4. The van der Waals surface area contributed by atoms with Gasteiger partial charge in [-0.05, 0) is 42.5 Å². The molecule has 0 saturated heterocycles. The van der Waals surface area contributed by atoms with Gasteiger partial charge in [0.25, 0.3) is 0 Å². The van der Waals surface area contributed by atoms with Crippen molar-refractivity contribution in [2.45, 2.75) is 0 Å². The summed E-state index contributed by atoms with van der Waals surface area (Å²) < 4.78 is 14.8. The summed E-state index contributed by atoms with van der Waals surface area (Å²) in [6.45, 7) is -0.396. The summed E-state index contributed by atoms with van der Waals surface area (Å²) in [5.41, 5.74) is 1.98. The van der Waals surface area contributed by atoms with E-state index in [4.69, 9.17) is 20.8 Å². The minimum atomic E-state index is -0.398. The van der Waals surface area contributed by atoms with Gasteiger partial charge in [-0.1, -0.05) is 35.9 Å². The van der Waals surface area contributed by atoms with Crippen LogP contribution in [0.2, 0.25) is 5.02 Å². The molecule has 3 aromatic carbocycles. The average Bonchev–Trinajstić information content (AvgIpc) is 3.07. The Labute approximate surface area is 198 Å². The molecule has 0 unspecified atom stereocenters. The van der Waals surface area contributed by atoms with Crippen molar-refractivity contribution >= 4 is 39.4 Å². The quantitative estimate of drug-likeness (QED) is 0.348. The maximum Gasteiger partial charge on any atom is 0.328 e. The maximum atomic E-state index is 13.3. The predicted octanol–water partition coefficient (Wildman–Crippen LogP) is 4.57. The first-order valence-electron chi connectivity index (χ1n) is 10.5. The molecule has 0 amide bonds. The van der Waals surface area contributed by atoms with Crippen molar-refractivity contribution in [2.24, 2.45) is 14.1 Å². The second kappa shape index (κ2) is 8.35. The van der Waals surface area contributed by atoms with Crippen molar-refractivity contribution < 1.29 is 13.9 Å². The van der Waals surface area contributed by atoms with Gasteiger partial charge in [-0.25, -0.2) is 4.79 Å². The molecule has 0 atom stereocenters. The molecule has 0 aliphatic rings. The number of benzene rings is 3. The van der Waals surface area contributed by atoms with Gasteiger partial charge in [-0.3, -0.25) is 18.7 Å². The monoisotopic (exact) mass is 474 g/mol. The number of aryl methyl sites for hydroxylation is 2. The standard InChI is InChI=1S/C26H19ClN2O5/c1-28-19-12-11-15(13-20(19)29(2)26(28)32)21(30)14-33-25-23(31)17-8-4-6-10-22(17)34-24(25)16-7-3-5-9-18(16)27/h3-13H,14H2,1-2H3. The van der Waals surface area contributed by atoms with E-state index in [1.807, 2.05) is 0 Å². The number of rotatable bonds is 5. The van der Waals surface area contributed by atoms with Gasteiger partial charge in [0.2, 0.25) is 11.2 Å². The highest BCUT2D eigenvalue weighted by atomic mass is 35.5. The van der Waals surface area contributed by atoms with Crippen LogP contribution < -0.4 is 15.9 Å². The van der Waals surface area contributed by atoms with Crippen LogP contribution in [-0.4, -0.2) is 21.5 Å². The molecule has 0 fully saturated rings. The lowest BCUT2D eigenvalue weighted by molar-refractivity contribution is 0.0920. The number of imidazole rings is 1. The van der Waals surface area contributed by atoms with Crippen LogP contribution in [-0.2, 0) is 14.1 Å². The van der Waals surface area contributed by atoms with Crippen molar-refractivity contribution in [3.63, 3.8) is 0 Å². The van der Waals surface area contributed by atoms with Crippen LogP contribution in [0.25, 0.3) is 33.3 Å². The van der Waals surface area contributed by atoms with E-state index in [1.54, 1.807) is 80.8 Å². The van der Waals surface area contributed by atoms with Gasteiger partial charge in [-0.15, -0.1) is 0 Å². The highest BCUT2D eigenvalue weighted by molar-refractivity contribution is 6.33. The molecule has 0 radical (unpaired) electrons. The summed E-state index contributed by atoms with van der Waals surface area (Å²) in [5, 5.41) is 0.717. The molecule has 2 aromatic heterocycles. The van der Waals surface area contributed by atoms with Crippen LogP contribution in [0.4, 0.5) is 0 Å². The number of hydrogen-bond acceptors (Lipinski definition) is 5. The van der Waals surface area contributed by atoms with E-state index in [-0.39, 0.29) is 23.0 Å². The van der Waals surface area contributed by atoms with Gasteiger partial charge < -0.3 is 9.15 Å². The molecule has 34 heavy (non-hydrogen) atoms. The minimum absolute atomic E-state index is 0.0895. The topological polar surface area (TPSA) is 83.4 Å². The van der Waals surface area contributed by atoms with Gasteiger partial charge in [-0.2, -0.15) is 0 Å². The Balaban J connectivity index is 1.55. The minimum Gasteiger partial charge on any atom is -0.478 e. The van der Waals surface area contributed by atoms with Crippen LogP contribution in [0.3, 0.4) is 0 Å². The number of ketones is 1. The molecule has 5 aromatic rings. The zero-order valence-electron chi connectivity index (χ0n) is 18.4. The van der Waals surface area contributed by atoms with E-state index in [0.29, 0.717) is 38.2 Å². The number of ether oxygens (including phenoxy) is 1. The van der Waals surface area contributed by atoms with Crippen LogP contribution in [0.1, 0.15) is 10.4 Å². The molecule has 7 nitrogen and oxygen atoms in total. The summed E-state index contributed by atoms with van der Waals surface area (Å²) in [6, 6.07) is 18.7. The number of nitrogens with zero attached hydrogens (tertiary/aromatic N) is 2. The normalized spacial score (nSPS) is 11.3. The lowest BCUT2D eigenvalue weighted by atomic mass is 10.1. The molecule has 170 valence electrons. The Bertz CT molecular complexity index is 1710. The molecule has 0 N–H and O–H groups in total. The van der Waals surface area contributed by atoms with Crippen molar-refractivity contribution in [2.75, 3.05) is 6.61 Å². The number of fused-ring (bicyclic) bond motifs is 2. The first kappa shape index (κ1) is 21.7. The SMILES string of the molecule is Cn1c(=O)n(C)c2cc(C(=O)COc3c(-c4ccccc4Cl)oc4ccccc4c3=O)ccc21. The number of Topliss-reactive ketones (excluding diaryl/α,β-unsaturated/α-hetero) is 1. The highest BCUT2D eigenvalue weighted by Crippen LogP contribution is 2.35. The van der Waals surface area contributed by atoms with E-state index in [0.717, 1.165) is 0 Å². The molecule has 0 spiro atoms. The largest absolute Gasteiger partial charge is 0.478 e. The van der Waals surface area contributed by atoms with Gasteiger partial charge in [0.05, 0.1) is 21.4 Å². The number of halogens is 1. The molecular weight excluding hydrogens is 456 g/mol. The van der Waals surface area contributed by atoms with Gasteiger partial charge in [0.1, 0.15) is 5.58 Å². The maximum absolute atomic E-state index is 13.3. The Hall–Kier alpha value is -4.10. The molecule has 0 bridgehead atoms. The first-order valence-corrected chi connectivity index (χ1v) is 10.9. The lowest BCUT2D eigenvalue weighted by Gasteiger charge is -2.12. The lowest BCUT2D eigenvalue weighted by Crippen LogP contribution is -2.19. The Morgan fingerprint density at radius 2 is 1.65 bits per heavy atom. The molecule has 2 heterocycles. The van der Waals surface area contributed by atoms with Crippen LogP contribution in [0, 0.1) is 0 Å². The van der Waals surface area contributed by atoms with E-state index in [2.05, 4.69) is 0 Å². The fourth-order valence-electron chi connectivity index (χ4n) is 3.98.